The maximum absolute atomic E-state index is 4.41. The van der Waals surface area contributed by atoms with Gasteiger partial charge in [-0.1, -0.05) is 32.1 Å². The molecular weight excluding hydrogens is 158 g/mol. The molecule has 0 aromatic rings. The molecule has 0 aromatic heterocycles. The van der Waals surface area contributed by atoms with Gasteiger partial charge in [-0.3, -0.25) is 4.99 Å². The molecular formula is C12H15N. The molecule has 0 spiro atoms. The average Bonchev–Trinajstić information content (AvgIpc) is 2.48. The lowest BCUT2D eigenvalue weighted by Crippen LogP contribution is -2.11. The number of allylic oxidation sites excluding steroid dienone is 5. The minimum Gasteiger partial charge on any atom is -0.260 e. The third kappa shape index (κ3) is 1.64. The van der Waals surface area contributed by atoms with Crippen LogP contribution in [0.3, 0.4) is 0 Å². The van der Waals surface area contributed by atoms with E-state index < -0.39 is 0 Å². The van der Waals surface area contributed by atoms with Crippen molar-refractivity contribution < 1.29 is 0 Å². The first-order chi connectivity index (χ1) is 6.27. The zero-order valence-electron chi connectivity index (χ0n) is 8.20. The Kier molecular flexibility index (Phi) is 2.17. The maximum Gasteiger partial charge on any atom is 0.0513 e. The van der Waals surface area contributed by atoms with Crippen LogP contribution < -0.4 is 0 Å². The second kappa shape index (κ2) is 3.33. The second-order valence-electron chi connectivity index (χ2n) is 4.08. The molecule has 0 amide bonds. The fourth-order valence-electron chi connectivity index (χ4n) is 1.86. The van der Waals surface area contributed by atoms with Gasteiger partial charge in [0.1, 0.15) is 0 Å². The number of rotatable bonds is 2. The summed E-state index contributed by atoms with van der Waals surface area (Å²) in [5.41, 5.74) is 2.67. The van der Waals surface area contributed by atoms with Gasteiger partial charge in [0.05, 0.1) is 5.71 Å². The molecule has 0 fully saturated rings. The largest absolute Gasteiger partial charge is 0.260 e. The van der Waals surface area contributed by atoms with E-state index in [0.717, 1.165) is 12.3 Å². The van der Waals surface area contributed by atoms with Crippen molar-refractivity contribution in [1.82, 2.24) is 0 Å². The fourth-order valence-corrected chi connectivity index (χ4v) is 1.86. The van der Waals surface area contributed by atoms with Crippen molar-refractivity contribution in [2.24, 2.45) is 16.8 Å². The molecule has 0 saturated heterocycles. The summed E-state index contributed by atoms with van der Waals surface area (Å²) >= 11 is 0. The van der Waals surface area contributed by atoms with Crippen LogP contribution in [0.1, 0.15) is 20.3 Å². The van der Waals surface area contributed by atoms with Gasteiger partial charge in [0.15, 0.2) is 0 Å². The molecule has 1 heteroatoms. The monoisotopic (exact) mass is 173 g/mol. The number of hydrogen-bond donors (Lipinski definition) is 0. The zero-order chi connectivity index (χ0) is 9.26. The minimum absolute atomic E-state index is 0.479. The van der Waals surface area contributed by atoms with Gasteiger partial charge in [-0.25, -0.2) is 0 Å². The van der Waals surface area contributed by atoms with E-state index in [1.54, 1.807) is 0 Å². The number of aliphatic imine (C=N–C) groups is 1. The predicted molar refractivity (Wildman–Crippen MR) is 56.7 cm³/mol. The SMILES string of the molecule is CC(C)CC1=CN=C2C=CC=CC12. The molecule has 1 aliphatic heterocycles. The molecule has 68 valence electrons. The van der Waals surface area contributed by atoms with E-state index in [9.17, 15) is 0 Å². The van der Waals surface area contributed by atoms with Gasteiger partial charge in [-0.2, -0.15) is 0 Å². The molecule has 2 aliphatic rings. The van der Waals surface area contributed by atoms with Crippen LogP contribution in [0.2, 0.25) is 0 Å². The molecule has 0 radical (unpaired) electrons. The fraction of sp³-hybridized carbons (Fsp3) is 0.417. The molecule has 0 aromatic carbocycles. The van der Waals surface area contributed by atoms with Crippen LogP contribution in [-0.2, 0) is 0 Å². The third-order valence-corrected chi connectivity index (χ3v) is 2.42. The lowest BCUT2D eigenvalue weighted by molar-refractivity contribution is 0.625. The topological polar surface area (TPSA) is 12.4 Å². The van der Waals surface area contributed by atoms with Crippen molar-refractivity contribution in [3.8, 4) is 0 Å². The number of nitrogens with zero attached hydrogens (tertiary/aromatic N) is 1. The lowest BCUT2D eigenvalue weighted by Gasteiger charge is -2.15. The average molecular weight is 173 g/mol. The normalized spacial score (nSPS) is 24.7. The summed E-state index contributed by atoms with van der Waals surface area (Å²) < 4.78 is 0. The van der Waals surface area contributed by atoms with Crippen LogP contribution in [0.25, 0.3) is 0 Å². The summed E-state index contributed by atoms with van der Waals surface area (Å²) in [5.74, 6) is 1.20. The summed E-state index contributed by atoms with van der Waals surface area (Å²) in [6.45, 7) is 4.50. The standard InChI is InChI=1S/C12H15N/c1-9(2)7-10-8-13-12-6-4-3-5-11(10)12/h3-6,8-9,11H,7H2,1-2H3. The van der Waals surface area contributed by atoms with Crippen LogP contribution >= 0.6 is 0 Å². The predicted octanol–water partition coefficient (Wildman–Crippen LogP) is 3.11. The van der Waals surface area contributed by atoms with Gasteiger partial charge in [-0.05, 0) is 24.0 Å². The lowest BCUT2D eigenvalue weighted by atomic mass is 9.88. The highest BCUT2D eigenvalue weighted by atomic mass is 14.7. The quantitative estimate of drug-likeness (QED) is 0.608. The minimum atomic E-state index is 0.479. The van der Waals surface area contributed by atoms with Crippen molar-refractivity contribution >= 4 is 5.71 Å². The summed E-state index contributed by atoms with van der Waals surface area (Å²) in [6.07, 6.45) is 11.7. The van der Waals surface area contributed by atoms with E-state index in [1.807, 2.05) is 6.20 Å². The van der Waals surface area contributed by atoms with Crippen LogP contribution in [0.5, 0.6) is 0 Å². The molecule has 2 rings (SSSR count). The Balaban J connectivity index is 2.12. The Morgan fingerprint density at radius 3 is 3.00 bits per heavy atom. The van der Waals surface area contributed by atoms with Crippen molar-refractivity contribution in [3.63, 3.8) is 0 Å². The maximum atomic E-state index is 4.41. The van der Waals surface area contributed by atoms with Gasteiger partial charge in [-0.15, -0.1) is 0 Å². The summed E-state index contributed by atoms with van der Waals surface area (Å²) in [7, 11) is 0. The summed E-state index contributed by atoms with van der Waals surface area (Å²) in [4.78, 5) is 4.41. The molecule has 1 nitrogen and oxygen atoms in total. The number of fused-ring (bicyclic) bond motifs is 1. The molecule has 13 heavy (non-hydrogen) atoms. The molecule has 0 N–H and O–H groups in total. The van der Waals surface area contributed by atoms with Gasteiger partial charge < -0.3 is 0 Å². The molecule has 0 bridgehead atoms. The smallest absolute Gasteiger partial charge is 0.0513 e. The Labute approximate surface area is 79.6 Å². The Bertz CT molecular complexity index is 316. The van der Waals surface area contributed by atoms with E-state index in [-0.39, 0.29) is 0 Å². The van der Waals surface area contributed by atoms with Crippen molar-refractivity contribution in [2.75, 3.05) is 0 Å². The molecule has 0 saturated carbocycles. The third-order valence-electron chi connectivity index (χ3n) is 2.42. The van der Waals surface area contributed by atoms with Crippen LogP contribution in [0.15, 0.2) is 41.1 Å². The second-order valence-corrected chi connectivity index (χ2v) is 4.08. The van der Waals surface area contributed by atoms with Crippen LogP contribution in [0.4, 0.5) is 0 Å². The highest BCUT2D eigenvalue weighted by Crippen LogP contribution is 2.29. The Morgan fingerprint density at radius 2 is 2.23 bits per heavy atom. The first-order valence-corrected chi connectivity index (χ1v) is 4.89. The van der Waals surface area contributed by atoms with Crippen LogP contribution in [-0.4, -0.2) is 5.71 Å². The van der Waals surface area contributed by atoms with E-state index in [1.165, 1.54) is 11.3 Å². The Hall–Kier alpha value is -1.11. The van der Waals surface area contributed by atoms with Gasteiger partial charge in [0.25, 0.3) is 0 Å². The molecule has 1 aliphatic carbocycles. The zero-order valence-corrected chi connectivity index (χ0v) is 8.20. The number of hydrogen-bond acceptors (Lipinski definition) is 1. The first-order valence-electron chi connectivity index (χ1n) is 4.89. The highest BCUT2D eigenvalue weighted by molar-refractivity contribution is 6.03. The van der Waals surface area contributed by atoms with Crippen molar-refractivity contribution in [2.45, 2.75) is 20.3 Å². The van der Waals surface area contributed by atoms with Crippen molar-refractivity contribution in [1.29, 1.82) is 0 Å². The molecule has 1 heterocycles. The van der Waals surface area contributed by atoms with Gasteiger partial charge >= 0.3 is 0 Å². The van der Waals surface area contributed by atoms with Crippen LogP contribution in [0, 0.1) is 11.8 Å². The summed E-state index contributed by atoms with van der Waals surface area (Å²) in [5, 5.41) is 0. The van der Waals surface area contributed by atoms with E-state index in [2.05, 4.69) is 43.1 Å². The van der Waals surface area contributed by atoms with Gasteiger partial charge in [0.2, 0.25) is 0 Å². The van der Waals surface area contributed by atoms with Gasteiger partial charge in [0, 0.05) is 12.1 Å². The highest BCUT2D eigenvalue weighted by Gasteiger charge is 2.22. The van der Waals surface area contributed by atoms with E-state index >= 15 is 0 Å². The Morgan fingerprint density at radius 1 is 1.38 bits per heavy atom. The molecule has 1 unspecified atom stereocenters. The molecule has 1 atom stereocenters. The van der Waals surface area contributed by atoms with Crippen molar-refractivity contribution in [3.05, 3.63) is 36.1 Å². The summed E-state index contributed by atoms with van der Waals surface area (Å²) in [6, 6.07) is 0. The first kappa shape index (κ1) is 8.49. The van der Waals surface area contributed by atoms with E-state index in [0.29, 0.717) is 5.92 Å². The van der Waals surface area contributed by atoms with E-state index in [4.69, 9.17) is 0 Å².